The lowest BCUT2D eigenvalue weighted by molar-refractivity contribution is -0.163. The van der Waals surface area contributed by atoms with Gasteiger partial charge in [0, 0.05) is 4.75 Å². The predicted octanol–water partition coefficient (Wildman–Crippen LogP) is 2.33. The zero-order valence-electron chi connectivity index (χ0n) is 11.2. The van der Waals surface area contributed by atoms with Gasteiger partial charge in [-0.25, -0.2) is 4.79 Å². The van der Waals surface area contributed by atoms with Gasteiger partial charge < -0.3 is 10.0 Å². The number of rotatable bonds is 5. The molecule has 0 radical (unpaired) electrons. The molecular formula is C13H21NO3S. The van der Waals surface area contributed by atoms with Gasteiger partial charge in [-0.1, -0.05) is 26.2 Å². The fourth-order valence-corrected chi connectivity index (χ4v) is 4.69. The average Bonchev–Trinajstić information content (AvgIpc) is 2.53. The molecule has 102 valence electrons. The van der Waals surface area contributed by atoms with Crippen LogP contribution >= 0.6 is 11.8 Å². The van der Waals surface area contributed by atoms with E-state index in [1.54, 1.807) is 16.7 Å². The van der Waals surface area contributed by atoms with Crippen LogP contribution in [0.4, 0.5) is 0 Å². The summed E-state index contributed by atoms with van der Waals surface area (Å²) in [5, 5.41) is 9.37. The summed E-state index contributed by atoms with van der Waals surface area (Å²) in [6.07, 6.45) is 4.26. The number of β-lactam (4-membered cyclic amide) rings is 1. The first-order valence-electron chi connectivity index (χ1n) is 6.63. The minimum atomic E-state index is -0.879. The molecule has 2 rings (SSSR count). The summed E-state index contributed by atoms with van der Waals surface area (Å²) in [7, 11) is 0. The number of amides is 1. The van der Waals surface area contributed by atoms with Crippen LogP contribution in [-0.2, 0) is 9.59 Å². The summed E-state index contributed by atoms with van der Waals surface area (Å²) < 4.78 is -0.383. The molecule has 1 amide bonds. The quantitative estimate of drug-likeness (QED) is 0.616. The molecule has 0 aromatic rings. The average molecular weight is 271 g/mol. The van der Waals surface area contributed by atoms with Crippen molar-refractivity contribution < 1.29 is 14.7 Å². The van der Waals surface area contributed by atoms with Crippen molar-refractivity contribution in [3.8, 4) is 0 Å². The van der Waals surface area contributed by atoms with E-state index in [1.165, 1.54) is 0 Å². The second-order valence-electron chi connectivity index (χ2n) is 5.70. The maximum absolute atomic E-state index is 12.1. The molecule has 2 aliphatic rings. The van der Waals surface area contributed by atoms with Crippen LogP contribution < -0.4 is 0 Å². The summed E-state index contributed by atoms with van der Waals surface area (Å²) >= 11 is 1.65. The Labute approximate surface area is 112 Å². The van der Waals surface area contributed by atoms with E-state index >= 15 is 0 Å². The Kier molecular flexibility index (Phi) is 3.63. The van der Waals surface area contributed by atoms with E-state index in [9.17, 15) is 14.7 Å². The fourth-order valence-electron chi connectivity index (χ4n) is 2.97. The van der Waals surface area contributed by atoms with Crippen molar-refractivity contribution in [1.82, 2.24) is 4.90 Å². The van der Waals surface area contributed by atoms with Crippen LogP contribution in [0.3, 0.4) is 0 Å². The highest BCUT2D eigenvalue weighted by molar-refractivity contribution is 8.01. The largest absolute Gasteiger partial charge is 0.480 e. The van der Waals surface area contributed by atoms with Gasteiger partial charge in [0.05, 0.1) is 11.3 Å². The van der Waals surface area contributed by atoms with Gasteiger partial charge >= 0.3 is 5.97 Å². The molecule has 0 aromatic heterocycles. The van der Waals surface area contributed by atoms with Crippen LogP contribution in [0.1, 0.15) is 46.5 Å². The van der Waals surface area contributed by atoms with E-state index in [0.717, 1.165) is 25.7 Å². The zero-order chi connectivity index (χ0) is 13.5. The Morgan fingerprint density at radius 2 is 2.11 bits per heavy atom. The van der Waals surface area contributed by atoms with Crippen molar-refractivity contribution in [2.45, 2.75) is 62.6 Å². The Morgan fingerprint density at radius 3 is 2.67 bits per heavy atom. The van der Waals surface area contributed by atoms with Crippen molar-refractivity contribution in [2.24, 2.45) is 5.92 Å². The highest BCUT2D eigenvalue weighted by atomic mass is 32.2. The second-order valence-corrected chi connectivity index (χ2v) is 7.47. The number of carbonyl (C=O) groups is 2. The summed E-state index contributed by atoms with van der Waals surface area (Å²) in [4.78, 5) is 25.0. The first kappa shape index (κ1) is 13.7. The lowest BCUT2D eigenvalue weighted by Crippen LogP contribution is -2.62. The molecule has 18 heavy (non-hydrogen) atoms. The molecule has 2 aliphatic heterocycles. The minimum absolute atomic E-state index is 0.0431. The second kappa shape index (κ2) is 4.76. The lowest BCUT2D eigenvalue weighted by atomic mass is 9.88. The monoisotopic (exact) mass is 271 g/mol. The van der Waals surface area contributed by atoms with Crippen LogP contribution in [0.15, 0.2) is 0 Å². The number of carboxylic acids is 1. The maximum Gasteiger partial charge on any atom is 0.327 e. The molecule has 2 heterocycles. The lowest BCUT2D eigenvalue weighted by Gasteiger charge is -2.43. The minimum Gasteiger partial charge on any atom is -0.480 e. The first-order chi connectivity index (χ1) is 8.40. The summed E-state index contributed by atoms with van der Waals surface area (Å²) in [5.74, 6) is -0.790. The third kappa shape index (κ3) is 2.02. The molecule has 0 saturated carbocycles. The number of thioether (sulfide) groups is 1. The number of carboxylic acid groups (broad SMARTS) is 1. The zero-order valence-corrected chi connectivity index (χ0v) is 12.0. The Morgan fingerprint density at radius 1 is 1.44 bits per heavy atom. The highest BCUT2D eigenvalue weighted by Gasteiger charge is 2.63. The molecule has 3 atom stereocenters. The SMILES string of the molecule is CCCCCC1C(=O)N2[C@@H]1SC(C)(C)[C@@H]2C(=O)O. The number of unbranched alkanes of at least 4 members (excludes halogenated alkanes) is 2. The molecule has 5 heteroatoms. The number of fused-ring (bicyclic) bond motifs is 1. The summed E-state index contributed by atoms with van der Waals surface area (Å²) in [6.45, 7) is 5.99. The number of carbonyl (C=O) groups excluding carboxylic acids is 1. The summed E-state index contributed by atoms with van der Waals surface area (Å²) in [5.41, 5.74) is 0. The van der Waals surface area contributed by atoms with E-state index in [1.807, 2.05) is 13.8 Å². The third-order valence-electron chi connectivity index (χ3n) is 3.90. The van der Waals surface area contributed by atoms with E-state index in [4.69, 9.17) is 0 Å². The van der Waals surface area contributed by atoms with Gasteiger partial charge in [-0.05, 0) is 20.3 Å². The highest BCUT2D eigenvalue weighted by Crippen LogP contribution is 2.54. The van der Waals surface area contributed by atoms with Gasteiger partial charge in [0.15, 0.2) is 0 Å². The maximum atomic E-state index is 12.1. The topological polar surface area (TPSA) is 57.6 Å². The van der Waals surface area contributed by atoms with Crippen molar-refractivity contribution >= 4 is 23.6 Å². The van der Waals surface area contributed by atoms with Crippen molar-refractivity contribution in [1.29, 1.82) is 0 Å². The molecule has 0 spiro atoms. The smallest absolute Gasteiger partial charge is 0.327 e. The molecule has 0 aromatic carbocycles. The number of aliphatic carboxylic acids is 1. The van der Waals surface area contributed by atoms with E-state index in [-0.39, 0.29) is 21.9 Å². The van der Waals surface area contributed by atoms with Crippen molar-refractivity contribution in [3.63, 3.8) is 0 Å². The molecule has 1 unspecified atom stereocenters. The van der Waals surface area contributed by atoms with E-state index in [2.05, 4.69) is 6.92 Å². The fraction of sp³-hybridized carbons (Fsp3) is 0.846. The molecular weight excluding hydrogens is 250 g/mol. The van der Waals surface area contributed by atoms with Gasteiger partial charge in [-0.3, -0.25) is 4.79 Å². The van der Waals surface area contributed by atoms with Crippen molar-refractivity contribution in [2.75, 3.05) is 0 Å². The van der Waals surface area contributed by atoms with E-state index in [0.29, 0.717) is 0 Å². The number of hydrogen-bond acceptors (Lipinski definition) is 3. The van der Waals surface area contributed by atoms with Gasteiger partial charge in [0.2, 0.25) is 5.91 Å². The standard InChI is InChI=1S/C13H21NO3S/c1-4-5-6-7-8-10(15)14-9(12(16)17)13(2,3)18-11(8)14/h8-9,11H,4-7H2,1-3H3,(H,16,17)/t8?,9-,11+/m0/s1. The molecule has 2 fully saturated rings. The van der Waals surface area contributed by atoms with Crippen LogP contribution in [0.25, 0.3) is 0 Å². The Balaban J connectivity index is 2.05. The summed E-state index contributed by atoms with van der Waals surface area (Å²) in [6, 6.07) is -0.664. The first-order valence-corrected chi connectivity index (χ1v) is 7.51. The van der Waals surface area contributed by atoms with Crippen molar-refractivity contribution in [3.05, 3.63) is 0 Å². The Hall–Kier alpha value is -0.710. The molecule has 1 N–H and O–H groups in total. The molecule has 4 nitrogen and oxygen atoms in total. The van der Waals surface area contributed by atoms with Gasteiger partial charge in [0.25, 0.3) is 0 Å². The molecule has 0 bridgehead atoms. The molecule has 0 aliphatic carbocycles. The third-order valence-corrected chi connectivity index (χ3v) is 5.53. The normalized spacial score (nSPS) is 33.2. The van der Waals surface area contributed by atoms with Crippen LogP contribution in [0.2, 0.25) is 0 Å². The van der Waals surface area contributed by atoms with Crippen LogP contribution in [-0.4, -0.2) is 38.0 Å². The van der Waals surface area contributed by atoms with Gasteiger partial charge in [0.1, 0.15) is 6.04 Å². The number of hydrogen-bond donors (Lipinski definition) is 1. The van der Waals surface area contributed by atoms with Gasteiger partial charge in [-0.2, -0.15) is 0 Å². The number of nitrogens with zero attached hydrogens (tertiary/aromatic N) is 1. The Bertz CT molecular complexity index is 369. The predicted molar refractivity (Wildman–Crippen MR) is 71.4 cm³/mol. The van der Waals surface area contributed by atoms with Crippen LogP contribution in [0.5, 0.6) is 0 Å². The molecule has 2 saturated heterocycles. The van der Waals surface area contributed by atoms with Crippen LogP contribution in [0, 0.1) is 5.92 Å². The van der Waals surface area contributed by atoms with E-state index < -0.39 is 12.0 Å². The van der Waals surface area contributed by atoms with Gasteiger partial charge in [-0.15, -0.1) is 11.8 Å².